The third-order valence-corrected chi connectivity index (χ3v) is 3.61. The van der Waals surface area contributed by atoms with Crippen molar-refractivity contribution in [3.05, 3.63) is 35.9 Å². The van der Waals surface area contributed by atoms with E-state index in [1.165, 1.54) is 0 Å². The molecule has 5 nitrogen and oxygen atoms in total. The summed E-state index contributed by atoms with van der Waals surface area (Å²) in [5.41, 5.74) is 0.643. The molecule has 102 valence electrons. The number of amides is 1. The van der Waals surface area contributed by atoms with Crippen LogP contribution in [0.3, 0.4) is 0 Å². The van der Waals surface area contributed by atoms with Gasteiger partial charge in [-0.3, -0.25) is 0 Å². The van der Waals surface area contributed by atoms with Crippen molar-refractivity contribution in [2.45, 2.75) is 24.7 Å². The standard InChI is InChI=1S/C14H17NO4/c16-12-6-14(19-8-12)9-15(10-14)13(17)18-7-11-4-2-1-3-5-11/h1-5,12,16H,6-10H2. The second-order valence-electron chi connectivity index (χ2n) is 5.25. The SMILES string of the molecule is O=C(OCc1ccccc1)N1CC2(CC(O)CO2)C1. The monoisotopic (exact) mass is 263 g/mol. The predicted molar refractivity (Wildman–Crippen MR) is 67.5 cm³/mol. The number of aliphatic hydroxyl groups is 1. The molecule has 2 fully saturated rings. The van der Waals surface area contributed by atoms with Crippen LogP contribution in [0.5, 0.6) is 0 Å². The highest BCUT2D eigenvalue weighted by Crippen LogP contribution is 2.35. The average Bonchev–Trinajstić information content (AvgIpc) is 2.78. The van der Waals surface area contributed by atoms with Gasteiger partial charge in [0.2, 0.25) is 0 Å². The van der Waals surface area contributed by atoms with Crippen LogP contribution in [0.15, 0.2) is 30.3 Å². The maximum absolute atomic E-state index is 11.8. The van der Waals surface area contributed by atoms with Crippen LogP contribution in [-0.4, -0.2) is 47.5 Å². The summed E-state index contributed by atoms with van der Waals surface area (Å²) in [5, 5.41) is 9.45. The third-order valence-electron chi connectivity index (χ3n) is 3.61. The van der Waals surface area contributed by atoms with E-state index in [0.29, 0.717) is 26.1 Å². The van der Waals surface area contributed by atoms with Crippen LogP contribution in [0.2, 0.25) is 0 Å². The van der Waals surface area contributed by atoms with E-state index in [4.69, 9.17) is 9.47 Å². The van der Waals surface area contributed by atoms with Gasteiger partial charge in [-0.15, -0.1) is 0 Å². The van der Waals surface area contributed by atoms with Gasteiger partial charge in [0, 0.05) is 6.42 Å². The smallest absolute Gasteiger partial charge is 0.410 e. The highest BCUT2D eigenvalue weighted by atomic mass is 16.6. The Balaban J connectivity index is 1.46. The summed E-state index contributed by atoms with van der Waals surface area (Å²) in [6, 6.07) is 9.58. The number of ether oxygens (including phenoxy) is 2. The summed E-state index contributed by atoms with van der Waals surface area (Å²) >= 11 is 0. The molecule has 0 bridgehead atoms. The fourth-order valence-electron chi connectivity index (χ4n) is 2.63. The van der Waals surface area contributed by atoms with E-state index < -0.39 is 6.10 Å². The highest BCUT2D eigenvalue weighted by molar-refractivity contribution is 5.69. The van der Waals surface area contributed by atoms with Gasteiger partial charge in [0.1, 0.15) is 12.2 Å². The van der Waals surface area contributed by atoms with Crippen molar-refractivity contribution in [3.63, 3.8) is 0 Å². The number of rotatable bonds is 2. The van der Waals surface area contributed by atoms with Gasteiger partial charge in [-0.05, 0) is 5.56 Å². The number of benzene rings is 1. The average molecular weight is 263 g/mol. The number of nitrogens with zero attached hydrogens (tertiary/aromatic N) is 1. The maximum Gasteiger partial charge on any atom is 0.410 e. The minimum absolute atomic E-state index is 0.284. The van der Waals surface area contributed by atoms with E-state index in [2.05, 4.69) is 0 Å². The molecule has 0 aliphatic carbocycles. The first-order chi connectivity index (χ1) is 9.17. The molecule has 0 aromatic heterocycles. The zero-order valence-electron chi connectivity index (χ0n) is 10.6. The molecule has 19 heavy (non-hydrogen) atoms. The fraction of sp³-hybridized carbons (Fsp3) is 0.500. The van der Waals surface area contributed by atoms with Crippen LogP contribution >= 0.6 is 0 Å². The molecule has 2 saturated heterocycles. The van der Waals surface area contributed by atoms with Gasteiger partial charge in [-0.25, -0.2) is 4.79 Å². The number of likely N-dealkylation sites (tertiary alicyclic amines) is 1. The van der Waals surface area contributed by atoms with Crippen molar-refractivity contribution in [2.75, 3.05) is 19.7 Å². The predicted octanol–water partition coefficient (Wildman–Crippen LogP) is 1.16. The Morgan fingerprint density at radius 2 is 2.16 bits per heavy atom. The van der Waals surface area contributed by atoms with Gasteiger partial charge in [0.05, 0.1) is 25.8 Å². The summed E-state index contributed by atoms with van der Waals surface area (Å²) in [7, 11) is 0. The zero-order valence-corrected chi connectivity index (χ0v) is 10.6. The molecule has 0 radical (unpaired) electrons. The van der Waals surface area contributed by atoms with Gasteiger partial charge < -0.3 is 19.5 Å². The number of hydrogen-bond donors (Lipinski definition) is 1. The second kappa shape index (κ2) is 4.83. The lowest BCUT2D eigenvalue weighted by molar-refractivity contribution is -0.102. The number of hydrogen-bond acceptors (Lipinski definition) is 4. The van der Waals surface area contributed by atoms with E-state index >= 15 is 0 Å². The lowest BCUT2D eigenvalue weighted by Crippen LogP contribution is -2.63. The van der Waals surface area contributed by atoms with Gasteiger partial charge in [0.25, 0.3) is 0 Å². The van der Waals surface area contributed by atoms with Crippen LogP contribution in [0, 0.1) is 0 Å². The molecule has 1 amide bonds. The van der Waals surface area contributed by atoms with Gasteiger partial charge >= 0.3 is 6.09 Å². The molecule has 1 N–H and O–H groups in total. The molecule has 2 aliphatic rings. The van der Waals surface area contributed by atoms with Crippen molar-refractivity contribution in [1.82, 2.24) is 4.90 Å². The molecular weight excluding hydrogens is 246 g/mol. The Kier molecular flexibility index (Phi) is 3.16. The third kappa shape index (κ3) is 2.57. The van der Waals surface area contributed by atoms with Crippen LogP contribution in [-0.2, 0) is 16.1 Å². The molecule has 2 heterocycles. The van der Waals surface area contributed by atoms with Crippen molar-refractivity contribution < 1.29 is 19.4 Å². The fourth-order valence-corrected chi connectivity index (χ4v) is 2.63. The van der Waals surface area contributed by atoms with E-state index in [1.807, 2.05) is 30.3 Å². The highest BCUT2D eigenvalue weighted by Gasteiger charge is 2.51. The van der Waals surface area contributed by atoms with Crippen LogP contribution in [0.4, 0.5) is 4.79 Å². The molecular formula is C14H17NO4. The van der Waals surface area contributed by atoms with Crippen LogP contribution in [0.1, 0.15) is 12.0 Å². The van der Waals surface area contributed by atoms with Gasteiger partial charge in [-0.2, -0.15) is 0 Å². The minimum Gasteiger partial charge on any atom is -0.445 e. The van der Waals surface area contributed by atoms with Crippen molar-refractivity contribution >= 4 is 6.09 Å². The summed E-state index contributed by atoms with van der Waals surface area (Å²) in [6.45, 7) is 1.68. The number of aliphatic hydroxyl groups excluding tert-OH is 1. The summed E-state index contributed by atoms with van der Waals surface area (Å²) in [6.07, 6.45) is -0.114. The topological polar surface area (TPSA) is 59.0 Å². The first kappa shape index (κ1) is 12.4. The second-order valence-corrected chi connectivity index (χ2v) is 5.25. The van der Waals surface area contributed by atoms with Crippen LogP contribution in [0.25, 0.3) is 0 Å². The number of carbonyl (C=O) groups excluding carboxylic acids is 1. The minimum atomic E-state index is -0.400. The first-order valence-electron chi connectivity index (χ1n) is 6.45. The quantitative estimate of drug-likeness (QED) is 0.870. The Bertz CT molecular complexity index is 456. The van der Waals surface area contributed by atoms with Gasteiger partial charge in [-0.1, -0.05) is 30.3 Å². The van der Waals surface area contributed by atoms with Crippen molar-refractivity contribution in [1.29, 1.82) is 0 Å². The lowest BCUT2D eigenvalue weighted by atomic mass is 9.91. The lowest BCUT2D eigenvalue weighted by Gasteiger charge is -2.45. The Morgan fingerprint density at radius 1 is 1.42 bits per heavy atom. The molecule has 1 atom stereocenters. The number of carbonyl (C=O) groups is 1. The normalized spacial score (nSPS) is 24.3. The van der Waals surface area contributed by atoms with Gasteiger partial charge in [0.15, 0.2) is 0 Å². The molecule has 1 unspecified atom stereocenters. The Labute approximate surface area is 111 Å². The summed E-state index contributed by atoms with van der Waals surface area (Å²) < 4.78 is 10.8. The summed E-state index contributed by atoms with van der Waals surface area (Å²) in [4.78, 5) is 13.4. The Hall–Kier alpha value is -1.59. The molecule has 3 rings (SSSR count). The molecule has 1 aromatic carbocycles. The van der Waals surface area contributed by atoms with E-state index in [-0.39, 0.29) is 18.3 Å². The molecule has 5 heteroatoms. The van der Waals surface area contributed by atoms with E-state index in [9.17, 15) is 9.90 Å². The van der Waals surface area contributed by atoms with E-state index in [0.717, 1.165) is 5.56 Å². The Morgan fingerprint density at radius 3 is 2.79 bits per heavy atom. The zero-order chi connectivity index (χ0) is 13.3. The molecule has 1 spiro atoms. The molecule has 1 aromatic rings. The molecule has 0 saturated carbocycles. The maximum atomic E-state index is 11.8. The molecule has 2 aliphatic heterocycles. The van der Waals surface area contributed by atoms with Crippen molar-refractivity contribution in [2.24, 2.45) is 0 Å². The van der Waals surface area contributed by atoms with Crippen molar-refractivity contribution in [3.8, 4) is 0 Å². The first-order valence-corrected chi connectivity index (χ1v) is 6.45. The largest absolute Gasteiger partial charge is 0.445 e. The van der Waals surface area contributed by atoms with E-state index in [1.54, 1.807) is 4.90 Å². The summed E-state index contributed by atoms with van der Waals surface area (Å²) in [5.74, 6) is 0. The van der Waals surface area contributed by atoms with Crippen LogP contribution < -0.4 is 0 Å².